The van der Waals surface area contributed by atoms with Gasteiger partial charge in [-0.05, 0) is 29.2 Å². The van der Waals surface area contributed by atoms with Crippen molar-refractivity contribution in [2.24, 2.45) is 5.14 Å². The molecule has 122 valence electrons. The molecule has 0 atom stereocenters. The number of benzene rings is 2. The van der Waals surface area contributed by atoms with Crippen LogP contribution in [0.2, 0.25) is 5.02 Å². The molecule has 0 fully saturated rings. The molecule has 0 aliphatic carbocycles. The summed E-state index contributed by atoms with van der Waals surface area (Å²) in [5.74, 6) is -0.285. The largest absolute Gasteiger partial charge is 0.289 e. The lowest BCUT2D eigenvalue weighted by molar-refractivity contribution is 0.103. The van der Waals surface area contributed by atoms with Crippen molar-refractivity contribution in [1.82, 2.24) is 0 Å². The number of nitrogens with two attached hydrogens (primary N) is 1. The number of ketones is 1. The Hall–Kier alpha value is -1.69. The van der Waals surface area contributed by atoms with Gasteiger partial charge in [-0.2, -0.15) is 0 Å². The van der Waals surface area contributed by atoms with Gasteiger partial charge in [-0.25, -0.2) is 13.6 Å². The highest BCUT2D eigenvalue weighted by atomic mass is 35.5. The third-order valence-corrected chi connectivity index (χ3v) is 4.91. The predicted octanol–water partition coefficient (Wildman–Crippen LogP) is 3.52. The van der Waals surface area contributed by atoms with Crippen LogP contribution in [-0.2, 0) is 15.4 Å². The van der Waals surface area contributed by atoms with Gasteiger partial charge in [0, 0.05) is 11.1 Å². The quantitative estimate of drug-likeness (QED) is 0.859. The molecular weight excluding hydrogens is 334 g/mol. The first-order valence-corrected chi connectivity index (χ1v) is 8.90. The van der Waals surface area contributed by atoms with Crippen LogP contribution in [0.4, 0.5) is 0 Å². The lowest BCUT2D eigenvalue weighted by Gasteiger charge is -2.19. The van der Waals surface area contributed by atoms with E-state index in [0.717, 1.165) is 5.56 Å². The molecule has 0 spiro atoms. The summed E-state index contributed by atoms with van der Waals surface area (Å²) < 4.78 is 23.0. The normalized spacial score (nSPS) is 12.2. The third kappa shape index (κ3) is 3.99. The van der Waals surface area contributed by atoms with E-state index in [2.05, 4.69) is 20.8 Å². The second-order valence-corrected chi connectivity index (χ2v) is 8.28. The SMILES string of the molecule is CC(C)(C)c1ccc(C(=O)c2ccc(Cl)c(S(N)(=O)=O)c2)cc1. The Morgan fingerprint density at radius 2 is 1.52 bits per heavy atom. The summed E-state index contributed by atoms with van der Waals surface area (Å²) in [7, 11) is -3.98. The van der Waals surface area contributed by atoms with Gasteiger partial charge in [-0.1, -0.05) is 56.6 Å². The van der Waals surface area contributed by atoms with Crippen molar-refractivity contribution in [3.63, 3.8) is 0 Å². The maximum atomic E-state index is 12.5. The fraction of sp³-hybridized carbons (Fsp3) is 0.235. The number of carbonyl (C=O) groups excluding carboxylic acids is 1. The maximum Gasteiger partial charge on any atom is 0.239 e. The monoisotopic (exact) mass is 351 g/mol. The molecule has 6 heteroatoms. The molecule has 0 heterocycles. The molecule has 0 aliphatic heterocycles. The van der Waals surface area contributed by atoms with E-state index in [0.29, 0.717) is 5.56 Å². The number of primary sulfonamides is 1. The van der Waals surface area contributed by atoms with E-state index < -0.39 is 10.0 Å². The summed E-state index contributed by atoms with van der Waals surface area (Å²) in [5.41, 5.74) is 1.79. The van der Waals surface area contributed by atoms with Gasteiger partial charge in [0.15, 0.2) is 5.78 Å². The third-order valence-electron chi connectivity index (χ3n) is 3.51. The predicted molar refractivity (Wildman–Crippen MR) is 91.4 cm³/mol. The summed E-state index contributed by atoms with van der Waals surface area (Å²) in [4.78, 5) is 12.3. The van der Waals surface area contributed by atoms with Crippen molar-refractivity contribution in [3.05, 3.63) is 64.2 Å². The van der Waals surface area contributed by atoms with Crippen molar-refractivity contribution >= 4 is 27.4 Å². The summed E-state index contributed by atoms with van der Waals surface area (Å²) in [6, 6.07) is 11.3. The summed E-state index contributed by atoms with van der Waals surface area (Å²) in [6.45, 7) is 6.25. The molecule has 23 heavy (non-hydrogen) atoms. The van der Waals surface area contributed by atoms with Crippen LogP contribution in [0.15, 0.2) is 47.4 Å². The molecule has 0 radical (unpaired) electrons. The van der Waals surface area contributed by atoms with Crippen molar-refractivity contribution in [2.45, 2.75) is 31.1 Å². The van der Waals surface area contributed by atoms with Crippen molar-refractivity contribution in [3.8, 4) is 0 Å². The number of carbonyl (C=O) groups is 1. The zero-order chi connectivity index (χ0) is 17.4. The van der Waals surface area contributed by atoms with E-state index in [1.165, 1.54) is 18.2 Å². The van der Waals surface area contributed by atoms with Crippen LogP contribution in [0.25, 0.3) is 0 Å². The minimum atomic E-state index is -3.98. The minimum Gasteiger partial charge on any atom is -0.289 e. The van der Waals surface area contributed by atoms with Gasteiger partial charge in [0.05, 0.1) is 5.02 Å². The van der Waals surface area contributed by atoms with Crippen molar-refractivity contribution in [1.29, 1.82) is 0 Å². The molecule has 0 aliphatic rings. The van der Waals surface area contributed by atoms with Crippen LogP contribution >= 0.6 is 11.6 Å². The topological polar surface area (TPSA) is 77.2 Å². The summed E-state index contributed by atoms with van der Waals surface area (Å²) >= 11 is 5.83. The molecule has 0 amide bonds. The second kappa shape index (κ2) is 6.07. The fourth-order valence-electron chi connectivity index (χ4n) is 2.15. The summed E-state index contributed by atoms with van der Waals surface area (Å²) in [5, 5.41) is 5.10. The first-order valence-electron chi connectivity index (χ1n) is 6.98. The van der Waals surface area contributed by atoms with E-state index in [1.54, 1.807) is 12.1 Å². The highest BCUT2D eigenvalue weighted by Crippen LogP contribution is 2.25. The lowest BCUT2D eigenvalue weighted by atomic mass is 9.86. The molecule has 0 saturated heterocycles. The minimum absolute atomic E-state index is 0.00729. The van der Waals surface area contributed by atoms with Gasteiger partial charge in [0.2, 0.25) is 10.0 Å². The Kier molecular flexibility index (Phi) is 4.66. The maximum absolute atomic E-state index is 12.5. The highest BCUT2D eigenvalue weighted by Gasteiger charge is 2.18. The Morgan fingerprint density at radius 1 is 1.00 bits per heavy atom. The van der Waals surface area contributed by atoms with Crippen LogP contribution in [-0.4, -0.2) is 14.2 Å². The van der Waals surface area contributed by atoms with Gasteiger partial charge < -0.3 is 0 Å². The average Bonchev–Trinajstić information content (AvgIpc) is 2.45. The van der Waals surface area contributed by atoms with E-state index in [-0.39, 0.29) is 26.7 Å². The smallest absolute Gasteiger partial charge is 0.239 e. The zero-order valence-corrected chi connectivity index (χ0v) is 14.7. The first kappa shape index (κ1) is 17.7. The van der Waals surface area contributed by atoms with E-state index in [1.807, 2.05) is 12.1 Å². The van der Waals surface area contributed by atoms with Crippen LogP contribution in [0.3, 0.4) is 0 Å². The molecule has 0 unspecified atom stereocenters. The van der Waals surface area contributed by atoms with E-state index in [4.69, 9.17) is 16.7 Å². The first-order chi connectivity index (χ1) is 10.5. The van der Waals surface area contributed by atoms with Gasteiger partial charge >= 0.3 is 0 Å². The Bertz CT molecular complexity index is 850. The number of hydrogen-bond donors (Lipinski definition) is 1. The van der Waals surface area contributed by atoms with Gasteiger partial charge in [0.1, 0.15) is 4.90 Å². The van der Waals surface area contributed by atoms with E-state index >= 15 is 0 Å². The Labute approximate surface area is 141 Å². The van der Waals surface area contributed by atoms with Crippen LogP contribution < -0.4 is 5.14 Å². The Balaban J connectivity index is 2.42. The molecule has 2 rings (SSSR count). The van der Waals surface area contributed by atoms with Crippen LogP contribution in [0.1, 0.15) is 42.3 Å². The fourth-order valence-corrected chi connectivity index (χ4v) is 3.22. The Morgan fingerprint density at radius 3 is 2.00 bits per heavy atom. The van der Waals surface area contributed by atoms with Crippen LogP contribution in [0, 0.1) is 0 Å². The second-order valence-electron chi connectivity index (χ2n) is 6.35. The van der Waals surface area contributed by atoms with Crippen molar-refractivity contribution < 1.29 is 13.2 Å². The van der Waals surface area contributed by atoms with E-state index in [9.17, 15) is 13.2 Å². The lowest BCUT2D eigenvalue weighted by Crippen LogP contribution is -2.14. The molecule has 2 aromatic rings. The molecule has 0 aromatic heterocycles. The molecule has 2 aromatic carbocycles. The summed E-state index contributed by atoms with van der Waals surface area (Å²) in [6.07, 6.45) is 0. The zero-order valence-electron chi connectivity index (χ0n) is 13.1. The molecule has 0 bridgehead atoms. The van der Waals surface area contributed by atoms with Gasteiger partial charge in [-0.15, -0.1) is 0 Å². The number of halogens is 1. The van der Waals surface area contributed by atoms with Crippen molar-refractivity contribution in [2.75, 3.05) is 0 Å². The highest BCUT2D eigenvalue weighted by molar-refractivity contribution is 7.89. The average molecular weight is 352 g/mol. The molecule has 2 N–H and O–H groups in total. The van der Waals surface area contributed by atoms with Gasteiger partial charge in [-0.3, -0.25) is 4.79 Å². The number of rotatable bonds is 3. The van der Waals surface area contributed by atoms with Crippen LogP contribution in [0.5, 0.6) is 0 Å². The molecule has 4 nitrogen and oxygen atoms in total. The standard InChI is InChI=1S/C17H18ClNO3S/c1-17(2,3)13-7-4-11(5-8-13)16(20)12-6-9-14(18)15(10-12)23(19,21)22/h4-10H,1-3H3,(H2,19,21,22). The van der Waals surface area contributed by atoms with Gasteiger partial charge in [0.25, 0.3) is 0 Å². The number of sulfonamides is 1. The molecule has 0 saturated carbocycles. The molecular formula is C17H18ClNO3S. The number of hydrogen-bond acceptors (Lipinski definition) is 3.